The van der Waals surface area contributed by atoms with E-state index in [0.717, 1.165) is 43.5 Å². The van der Waals surface area contributed by atoms with Gasteiger partial charge in [0.15, 0.2) is 0 Å². The van der Waals surface area contributed by atoms with Crippen molar-refractivity contribution < 1.29 is 5.11 Å². The highest BCUT2D eigenvalue weighted by molar-refractivity contribution is 7.07. The number of hydrogen-bond donors (Lipinski definition) is 1. The van der Waals surface area contributed by atoms with E-state index in [0.29, 0.717) is 0 Å². The molecule has 4 heteroatoms. The van der Waals surface area contributed by atoms with Crippen molar-refractivity contribution in [3.8, 4) is 0 Å². The van der Waals surface area contributed by atoms with E-state index in [4.69, 9.17) is 0 Å². The second-order valence-electron chi connectivity index (χ2n) is 4.55. The number of thiazole rings is 1. The largest absolute Gasteiger partial charge is 0.388 e. The molecule has 0 aromatic carbocycles. The number of aliphatic hydroxyl groups is 1. The van der Waals surface area contributed by atoms with Crippen LogP contribution >= 0.6 is 11.3 Å². The quantitative estimate of drug-likeness (QED) is 0.906. The average Bonchev–Trinajstić information content (AvgIpc) is 2.95. The van der Waals surface area contributed by atoms with Gasteiger partial charge in [-0.25, -0.2) is 4.98 Å². The molecular formula is C13H16N2OS. The lowest BCUT2D eigenvalue weighted by Gasteiger charge is -2.20. The zero-order valence-corrected chi connectivity index (χ0v) is 10.5. The van der Waals surface area contributed by atoms with E-state index in [-0.39, 0.29) is 6.10 Å². The fraction of sp³-hybridized carbons (Fsp3) is 0.462. The molecule has 1 N–H and O–H groups in total. The molecule has 1 atom stereocenters. The van der Waals surface area contributed by atoms with Gasteiger partial charge in [0.05, 0.1) is 17.3 Å². The molecule has 1 aliphatic carbocycles. The van der Waals surface area contributed by atoms with Crippen LogP contribution in [0.15, 0.2) is 23.2 Å². The minimum atomic E-state index is -0.251. The van der Waals surface area contributed by atoms with E-state index in [2.05, 4.69) is 27.2 Å². The summed E-state index contributed by atoms with van der Waals surface area (Å²) in [7, 11) is 0. The molecular weight excluding hydrogens is 232 g/mol. The molecule has 2 aromatic rings. The van der Waals surface area contributed by atoms with Crippen LogP contribution in [0.25, 0.3) is 0 Å². The second kappa shape index (κ2) is 4.63. The zero-order valence-electron chi connectivity index (χ0n) is 9.67. The smallest absolute Gasteiger partial charge is 0.0807 e. The molecule has 1 unspecified atom stereocenters. The predicted molar refractivity (Wildman–Crippen MR) is 68.1 cm³/mol. The van der Waals surface area contributed by atoms with Gasteiger partial charge in [-0.05, 0) is 25.3 Å². The molecule has 0 saturated heterocycles. The van der Waals surface area contributed by atoms with Crippen molar-refractivity contribution in [2.75, 3.05) is 0 Å². The van der Waals surface area contributed by atoms with Gasteiger partial charge in [0.1, 0.15) is 0 Å². The molecule has 2 aromatic heterocycles. The van der Waals surface area contributed by atoms with Crippen molar-refractivity contribution in [2.45, 2.75) is 38.3 Å². The summed E-state index contributed by atoms with van der Waals surface area (Å²) in [6, 6.07) is 2.07. The lowest BCUT2D eigenvalue weighted by Crippen LogP contribution is -2.12. The van der Waals surface area contributed by atoms with Crippen molar-refractivity contribution >= 4 is 11.3 Å². The lowest BCUT2D eigenvalue weighted by atomic mass is 9.95. The van der Waals surface area contributed by atoms with Crippen LogP contribution in [0.5, 0.6) is 0 Å². The average molecular weight is 248 g/mol. The number of rotatable bonds is 3. The van der Waals surface area contributed by atoms with Crippen LogP contribution in [0, 0.1) is 0 Å². The Kier molecular flexibility index (Phi) is 2.99. The summed E-state index contributed by atoms with van der Waals surface area (Å²) < 4.78 is 2.27. The van der Waals surface area contributed by atoms with Crippen LogP contribution in [0.1, 0.15) is 35.9 Å². The number of hydrogen-bond acceptors (Lipinski definition) is 3. The third kappa shape index (κ3) is 2.15. The molecule has 0 fully saturated rings. The van der Waals surface area contributed by atoms with Gasteiger partial charge in [-0.2, -0.15) is 0 Å². The molecule has 3 nitrogen and oxygen atoms in total. The number of aryl methyl sites for hydroxylation is 2. The van der Waals surface area contributed by atoms with Gasteiger partial charge in [0.2, 0.25) is 0 Å². The van der Waals surface area contributed by atoms with Crippen LogP contribution in [0.3, 0.4) is 0 Å². The first-order chi connectivity index (χ1) is 8.34. The number of aliphatic hydroxyl groups excluding tert-OH is 1. The van der Waals surface area contributed by atoms with Crippen molar-refractivity contribution in [1.82, 2.24) is 9.55 Å². The minimum Gasteiger partial charge on any atom is -0.388 e. The van der Waals surface area contributed by atoms with Gasteiger partial charge < -0.3 is 9.67 Å². The fourth-order valence-electron chi connectivity index (χ4n) is 2.54. The highest BCUT2D eigenvalue weighted by atomic mass is 32.1. The Morgan fingerprint density at radius 2 is 2.47 bits per heavy atom. The summed E-state index contributed by atoms with van der Waals surface area (Å²) in [6.45, 7) is 0.964. The van der Waals surface area contributed by atoms with Crippen LogP contribution in [0.4, 0.5) is 0 Å². The van der Waals surface area contributed by atoms with Gasteiger partial charge in [-0.1, -0.05) is 0 Å². The maximum atomic E-state index is 9.90. The normalized spacial score (nSPS) is 19.2. The van der Waals surface area contributed by atoms with Gasteiger partial charge in [0.25, 0.3) is 0 Å². The van der Waals surface area contributed by atoms with Crippen molar-refractivity contribution in [3.63, 3.8) is 0 Å². The summed E-state index contributed by atoms with van der Waals surface area (Å²) in [5.74, 6) is 0. The van der Waals surface area contributed by atoms with E-state index in [1.807, 2.05) is 5.51 Å². The zero-order chi connectivity index (χ0) is 11.7. The molecule has 90 valence electrons. The first-order valence-corrected chi connectivity index (χ1v) is 7.02. The topological polar surface area (TPSA) is 38.0 Å². The predicted octanol–water partition coefficient (Wildman–Crippen LogP) is 2.56. The van der Waals surface area contributed by atoms with Crippen LogP contribution < -0.4 is 0 Å². The van der Waals surface area contributed by atoms with E-state index >= 15 is 0 Å². The van der Waals surface area contributed by atoms with Crippen molar-refractivity contribution in [1.29, 1.82) is 0 Å². The molecule has 0 saturated carbocycles. The van der Waals surface area contributed by atoms with Gasteiger partial charge in [-0.15, -0.1) is 11.3 Å². The van der Waals surface area contributed by atoms with Crippen LogP contribution in [-0.4, -0.2) is 14.7 Å². The monoisotopic (exact) mass is 248 g/mol. The van der Waals surface area contributed by atoms with E-state index in [1.165, 1.54) is 5.69 Å². The summed E-state index contributed by atoms with van der Waals surface area (Å²) in [6.07, 6.45) is 5.92. The molecule has 0 bridgehead atoms. The standard InChI is InChI=1S/C13H16N2OS/c16-13-3-1-2-12-11(13)5-7-15(12)6-4-10-8-17-9-14-10/h5,7-9,13,16H,1-4,6H2. The van der Waals surface area contributed by atoms with E-state index in [1.54, 1.807) is 11.3 Å². The van der Waals surface area contributed by atoms with Crippen molar-refractivity contribution in [2.24, 2.45) is 0 Å². The second-order valence-corrected chi connectivity index (χ2v) is 5.27. The van der Waals surface area contributed by atoms with Crippen molar-refractivity contribution in [3.05, 3.63) is 40.1 Å². The number of fused-ring (bicyclic) bond motifs is 1. The third-order valence-corrected chi connectivity index (χ3v) is 4.09. The van der Waals surface area contributed by atoms with E-state index in [9.17, 15) is 5.11 Å². The Labute approximate surface area is 105 Å². The maximum Gasteiger partial charge on any atom is 0.0807 e. The van der Waals surface area contributed by atoms with Gasteiger partial charge >= 0.3 is 0 Å². The summed E-state index contributed by atoms with van der Waals surface area (Å²) in [4.78, 5) is 4.30. The SMILES string of the molecule is OC1CCCc2c1ccn2CCc1cscn1. The molecule has 17 heavy (non-hydrogen) atoms. The Bertz CT molecular complexity index is 489. The highest BCUT2D eigenvalue weighted by Crippen LogP contribution is 2.30. The highest BCUT2D eigenvalue weighted by Gasteiger charge is 2.20. The molecule has 1 aliphatic rings. The summed E-state index contributed by atoms with van der Waals surface area (Å²) in [5, 5.41) is 12.0. The molecule has 2 heterocycles. The third-order valence-electron chi connectivity index (χ3n) is 3.46. The fourth-order valence-corrected chi connectivity index (χ4v) is 3.13. The Balaban J connectivity index is 1.75. The molecule has 0 aliphatic heterocycles. The molecule has 0 amide bonds. The Morgan fingerprint density at radius 3 is 3.29 bits per heavy atom. The Hall–Kier alpha value is -1.13. The molecule has 3 rings (SSSR count). The maximum absolute atomic E-state index is 9.90. The Morgan fingerprint density at radius 1 is 1.53 bits per heavy atom. The number of aromatic nitrogens is 2. The molecule has 0 spiro atoms. The van der Waals surface area contributed by atoms with Gasteiger partial charge in [0, 0.05) is 35.8 Å². The van der Waals surface area contributed by atoms with Crippen LogP contribution in [0.2, 0.25) is 0 Å². The first-order valence-electron chi connectivity index (χ1n) is 6.07. The lowest BCUT2D eigenvalue weighted by molar-refractivity contribution is 0.155. The summed E-state index contributed by atoms with van der Waals surface area (Å²) >= 11 is 1.65. The minimum absolute atomic E-state index is 0.251. The number of nitrogens with zero attached hydrogens (tertiary/aromatic N) is 2. The molecule has 0 radical (unpaired) electrons. The van der Waals surface area contributed by atoms with E-state index < -0.39 is 0 Å². The summed E-state index contributed by atoms with van der Waals surface area (Å²) in [5.41, 5.74) is 5.49. The first kappa shape index (κ1) is 11.0. The van der Waals surface area contributed by atoms with Gasteiger partial charge in [-0.3, -0.25) is 0 Å². The van der Waals surface area contributed by atoms with Crippen LogP contribution in [-0.2, 0) is 19.4 Å².